The minimum Gasteiger partial charge on any atom is -0.319 e. The van der Waals surface area contributed by atoms with Crippen LogP contribution in [0.15, 0.2) is 24.3 Å². The quantitative estimate of drug-likeness (QED) is 0.469. The highest BCUT2D eigenvalue weighted by Crippen LogP contribution is 2.17. The maximum Gasteiger partial charge on any atom is 0.292 e. The first-order chi connectivity index (χ1) is 9.49. The number of carbonyl (C=O) groups is 4. The predicted molar refractivity (Wildman–Crippen MR) is 74.6 cm³/mol. The van der Waals surface area contributed by atoms with E-state index < -0.39 is 18.1 Å². The van der Waals surface area contributed by atoms with E-state index in [1.54, 1.807) is 38.1 Å². The van der Waals surface area contributed by atoms with E-state index in [1.165, 1.54) is 0 Å². The molecule has 0 aliphatic carbocycles. The van der Waals surface area contributed by atoms with Gasteiger partial charge in [0.15, 0.2) is 5.78 Å². The molecule has 0 aliphatic heterocycles. The van der Waals surface area contributed by atoms with E-state index in [-0.39, 0.29) is 18.0 Å². The number of carbonyl (C=O) groups excluding carboxylic acids is 4. The molecule has 0 spiro atoms. The number of hydrogen-bond donors (Lipinski definition) is 1. The van der Waals surface area contributed by atoms with Crippen LogP contribution in [0.25, 0.3) is 0 Å². The van der Waals surface area contributed by atoms with E-state index in [4.69, 9.17) is 0 Å². The van der Waals surface area contributed by atoms with Gasteiger partial charge in [-0.2, -0.15) is 0 Å². The van der Waals surface area contributed by atoms with Crippen molar-refractivity contribution in [2.24, 2.45) is 0 Å². The predicted octanol–water partition coefficient (Wildman–Crippen LogP) is 2.16. The van der Waals surface area contributed by atoms with Gasteiger partial charge in [-0.15, -0.1) is 0 Å². The maximum absolute atomic E-state index is 11.7. The summed E-state index contributed by atoms with van der Waals surface area (Å²) in [6.45, 7) is 3.34. The van der Waals surface area contributed by atoms with Crippen LogP contribution in [-0.4, -0.2) is 23.3 Å². The number of nitrogens with one attached hydrogen (secondary N) is 1. The average molecular weight is 275 g/mol. The number of ketones is 3. The molecule has 1 N–H and O–H groups in total. The highest BCUT2D eigenvalue weighted by molar-refractivity contribution is 6.43. The van der Waals surface area contributed by atoms with Gasteiger partial charge >= 0.3 is 0 Å². The van der Waals surface area contributed by atoms with E-state index in [2.05, 4.69) is 5.32 Å². The molecule has 0 atom stereocenters. The highest BCUT2D eigenvalue weighted by atomic mass is 16.2. The third kappa shape index (κ3) is 4.12. The average Bonchev–Trinajstić information content (AvgIpc) is 2.46. The lowest BCUT2D eigenvalue weighted by molar-refractivity contribution is -0.137. The van der Waals surface area contributed by atoms with Crippen LogP contribution >= 0.6 is 0 Å². The van der Waals surface area contributed by atoms with Crippen molar-refractivity contribution in [3.8, 4) is 0 Å². The molecule has 1 aromatic carbocycles. The van der Waals surface area contributed by atoms with Gasteiger partial charge in [-0.25, -0.2) is 0 Å². The fourth-order valence-electron chi connectivity index (χ4n) is 1.60. The Labute approximate surface area is 117 Å². The summed E-state index contributed by atoms with van der Waals surface area (Å²) in [6, 6.07) is 6.48. The second-order valence-electron chi connectivity index (χ2n) is 4.27. The van der Waals surface area contributed by atoms with Gasteiger partial charge < -0.3 is 5.32 Å². The van der Waals surface area contributed by atoms with Crippen molar-refractivity contribution in [2.45, 2.75) is 33.1 Å². The van der Waals surface area contributed by atoms with E-state index >= 15 is 0 Å². The first kappa shape index (κ1) is 15.8. The van der Waals surface area contributed by atoms with Gasteiger partial charge in [0.05, 0.1) is 12.1 Å². The van der Waals surface area contributed by atoms with E-state index in [0.717, 1.165) is 0 Å². The van der Waals surface area contributed by atoms with Crippen LogP contribution in [0, 0.1) is 0 Å². The topological polar surface area (TPSA) is 80.3 Å². The number of para-hydroxylation sites is 1. The summed E-state index contributed by atoms with van der Waals surface area (Å²) < 4.78 is 0. The van der Waals surface area contributed by atoms with Crippen LogP contribution in [0.2, 0.25) is 0 Å². The van der Waals surface area contributed by atoms with Crippen molar-refractivity contribution in [3.63, 3.8) is 0 Å². The summed E-state index contributed by atoms with van der Waals surface area (Å²) in [4.78, 5) is 46.1. The Kier molecular flexibility index (Phi) is 5.77. The molecule has 1 aromatic rings. The van der Waals surface area contributed by atoms with Crippen molar-refractivity contribution in [1.82, 2.24) is 0 Å². The second-order valence-corrected chi connectivity index (χ2v) is 4.27. The van der Waals surface area contributed by atoms with E-state index in [1.807, 2.05) is 0 Å². The zero-order valence-corrected chi connectivity index (χ0v) is 11.6. The lowest BCUT2D eigenvalue weighted by Gasteiger charge is -2.08. The summed E-state index contributed by atoms with van der Waals surface area (Å²) >= 11 is 0. The Morgan fingerprint density at radius 3 is 2.25 bits per heavy atom. The van der Waals surface area contributed by atoms with Crippen molar-refractivity contribution in [2.75, 3.05) is 5.32 Å². The molecule has 0 saturated carbocycles. The number of benzene rings is 1. The molecule has 0 unspecified atom stereocenters. The molecule has 5 nitrogen and oxygen atoms in total. The molecule has 5 heteroatoms. The van der Waals surface area contributed by atoms with Crippen LogP contribution in [0.4, 0.5) is 5.69 Å². The lowest BCUT2D eigenvalue weighted by atomic mass is 10.1. The Hall–Kier alpha value is -2.30. The number of amides is 1. The molecule has 0 bridgehead atoms. The number of rotatable bonds is 7. The zero-order chi connectivity index (χ0) is 15.1. The number of Topliss-reactive ketones (excluding diaryl/α,β-unsaturated/α-hetero) is 3. The minimum absolute atomic E-state index is 0.127. The zero-order valence-electron chi connectivity index (χ0n) is 11.6. The van der Waals surface area contributed by atoms with Crippen LogP contribution < -0.4 is 5.32 Å². The first-order valence-corrected chi connectivity index (χ1v) is 6.47. The minimum atomic E-state index is -0.872. The van der Waals surface area contributed by atoms with Crippen molar-refractivity contribution < 1.29 is 19.2 Å². The molecule has 0 fully saturated rings. The highest BCUT2D eigenvalue weighted by Gasteiger charge is 2.19. The van der Waals surface area contributed by atoms with Crippen molar-refractivity contribution in [1.29, 1.82) is 0 Å². The maximum atomic E-state index is 11.7. The van der Waals surface area contributed by atoms with E-state index in [9.17, 15) is 19.2 Å². The summed E-state index contributed by atoms with van der Waals surface area (Å²) in [6.07, 6.45) is 0.102. The van der Waals surface area contributed by atoms with Gasteiger partial charge in [0.2, 0.25) is 5.78 Å². The molecule has 106 valence electrons. The molecule has 1 rings (SSSR count). The summed E-state index contributed by atoms with van der Waals surface area (Å²) in [7, 11) is 0. The SMILES string of the molecule is CCC(=O)CC(=O)C(=O)Nc1ccccc1C(=O)CC. The Morgan fingerprint density at radius 1 is 1.00 bits per heavy atom. The molecule has 0 saturated heterocycles. The van der Waals surface area contributed by atoms with Gasteiger partial charge in [-0.1, -0.05) is 26.0 Å². The van der Waals surface area contributed by atoms with Gasteiger partial charge in [0.25, 0.3) is 5.91 Å². The molecule has 0 aliphatic rings. The summed E-state index contributed by atoms with van der Waals surface area (Å²) in [5, 5.41) is 2.39. The Balaban J connectivity index is 2.83. The molecule has 1 amide bonds. The second kappa shape index (κ2) is 7.33. The van der Waals surface area contributed by atoms with Crippen LogP contribution in [-0.2, 0) is 14.4 Å². The molecule has 0 aromatic heterocycles. The fourth-order valence-corrected chi connectivity index (χ4v) is 1.60. The molecular weight excluding hydrogens is 258 g/mol. The Morgan fingerprint density at radius 2 is 1.65 bits per heavy atom. The van der Waals surface area contributed by atoms with Crippen LogP contribution in [0.1, 0.15) is 43.5 Å². The van der Waals surface area contributed by atoms with Gasteiger partial charge in [-0.3, -0.25) is 19.2 Å². The normalized spacial score (nSPS) is 9.90. The van der Waals surface area contributed by atoms with Gasteiger partial charge in [0, 0.05) is 18.4 Å². The fraction of sp³-hybridized carbons (Fsp3) is 0.333. The molecular formula is C15H17NO4. The first-order valence-electron chi connectivity index (χ1n) is 6.47. The largest absolute Gasteiger partial charge is 0.319 e. The molecule has 0 radical (unpaired) electrons. The standard InChI is InChI=1S/C15H17NO4/c1-3-10(17)9-14(19)15(20)16-12-8-6-5-7-11(12)13(18)4-2/h5-8H,3-4,9H2,1-2H3,(H,16,20). The summed E-state index contributed by atoms with van der Waals surface area (Å²) in [5.74, 6) is -2.08. The lowest BCUT2D eigenvalue weighted by Crippen LogP contribution is -2.25. The van der Waals surface area contributed by atoms with Gasteiger partial charge in [0.1, 0.15) is 5.78 Å². The van der Waals surface area contributed by atoms with Crippen molar-refractivity contribution in [3.05, 3.63) is 29.8 Å². The smallest absolute Gasteiger partial charge is 0.292 e. The van der Waals surface area contributed by atoms with Crippen LogP contribution in [0.5, 0.6) is 0 Å². The van der Waals surface area contributed by atoms with Crippen LogP contribution in [0.3, 0.4) is 0 Å². The van der Waals surface area contributed by atoms with Gasteiger partial charge in [-0.05, 0) is 12.1 Å². The number of anilines is 1. The monoisotopic (exact) mass is 275 g/mol. The van der Waals surface area contributed by atoms with Crippen molar-refractivity contribution >= 4 is 28.9 Å². The molecule has 0 heterocycles. The number of hydrogen-bond acceptors (Lipinski definition) is 4. The third-order valence-electron chi connectivity index (χ3n) is 2.80. The Bertz CT molecular complexity index is 549. The molecule has 20 heavy (non-hydrogen) atoms. The third-order valence-corrected chi connectivity index (χ3v) is 2.80. The van der Waals surface area contributed by atoms with E-state index in [0.29, 0.717) is 17.7 Å². The summed E-state index contributed by atoms with van der Waals surface area (Å²) in [5.41, 5.74) is 0.652.